The first kappa shape index (κ1) is 26.9. The normalized spacial score (nSPS) is 11.6. The van der Waals surface area contributed by atoms with E-state index < -0.39 is 26.0 Å². The van der Waals surface area contributed by atoms with Gasteiger partial charge in [0.25, 0.3) is 26.0 Å². The lowest BCUT2D eigenvalue weighted by atomic mass is 10.1. The lowest BCUT2D eigenvalue weighted by Gasteiger charge is -2.13. The highest BCUT2D eigenvalue weighted by molar-refractivity contribution is 7.93. The highest BCUT2D eigenvalue weighted by atomic mass is 32.2. The van der Waals surface area contributed by atoms with Crippen molar-refractivity contribution >= 4 is 43.0 Å². The Morgan fingerprint density at radius 3 is 1.58 bits per heavy atom. The number of aryl methyl sites for hydroxylation is 3. The summed E-state index contributed by atoms with van der Waals surface area (Å²) in [5, 5.41) is 2.68. The lowest BCUT2D eigenvalue weighted by Crippen LogP contribution is -2.17. The van der Waals surface area contributed by atoms with Crippen LogP contribution in [0.5, 0.6) is 0 Å². The Hall–Kier alpha value is -4.15. The Bertz CT molecular complexity index is 1680. The Morgan fingerprint density at radius 2 is 1.05 bits per heavy atom. The average Bonchev–Trinajstić information content (AvgIpc) is 2.87. The number of hydrogen-bond donors (Lipinski definition) is 3. The van der Waals surface area contributed by atoms with Crippen LogP contribution in [0.4, 0.5) is 17.1 Å². The van der Waals surface area contributed by atoms with Gasteiger partial charge in [0.2, 0.25) is 0 Å². The molecule has 0 aliphatic carbocycles. The smallest absolute Gasteiger partial charge is 0.262 e. The van der Waals surface area contributed by atoms with Gasteiger partial charge in [0.15, 0.2) is 0 Å². The van der Waals surface area contributed by atoms with Crippen LogP contribution in [0, 0.1) is 20.8 Å². The standard InChI is InChI=1S/C28H27N3O5S2/c1-19-4-10-24(11-5-19)30-37(33,34)26-16-14-23(15-17-26)29-28(32)22-9-8-21(3)27(18-22)38(35,36)31-25-12-6-20(2)7-13-25/h4-18,30-31H,1-3H3,(H,29,32). The van der Waals surface area contributed by atoms with Crippen LogP contribution in [0.15, 0.2) is 101 Å². The number of amides is 1. The van der Waals surface area contributed by atoms with Crippen LogP contribution in [0.1, 0.15) is 27.0 Å². The summed E-state index contributed by atoms with van der Waals surface area (Å²) in [5.41, 5.74) is 3.83. The zero-order valence-electron chi connectivity index (χ0n) is 21.0. The highest BCUT2D eigenvalue weighted by Gasteiger charge is 2.20. The molecule has 3 N–H and O–H groups in total. The first-order chi connectivity index (χ1) is 17.9. The van der Waals surface area contributed by atoms with Gasteiger partial charge in [-0.05, 0) is 87.0 Å². The van der Waals surface area contributed by atoms with Crippen LogP contribution < -0.4 is 14.8 Å². The van der Waals surface area contributed by atoms with E-state index in [4.69, 9.17) is 0 Å². The van der Waals surface area contributed by atoms with Gasteiger partial charge in [-0.15, -0.1) is 0 Å². The lowest BCUT2D eigenvalue weighted by molar-refractivity contribution is 0.102. The Balaban J connectivity index is 1.49. The molecule has 4 rings (SSSR count). The molecule has 38 heavy (non-hydrogen) atoms. The van der Waals surface area contributed by atoms with E-state index in [0.717, 1.165) is 11.1 Å². The van der Waals surface area contributed by atoms with E-state index in [1.807, 2.05) is 13.8 Å². The molecule has 4 aromatic carbocycles. The summed E-state index contributed by atoms with van der Waals surface area (Å²) in [7, 11) is -7.75. The number of benzene rings is 4. The topological polar surface area (TPSA) is 121 Å². The molecule has 0 fully saturated rings. The van der Waals surface area contributed by atoms with E-state index in [-0.39, 0.29) is 15.4 Å². The van der Waals surface area contributed by atoms with E-state index >= 15 is 0 Å². The largest absolute Gasteiger partial charge is 0.322 e. The van der Waals surface area contributed by atoms with Crippen LogP contribution >= 0.6 is 0 Å². The SMILES string of the molecule is Cc1ccc(NS(=O)(=O)c2ccc(NC(=O)c3ccc(C)c(S(=O)(=O)Nc4ccc(C)cc4)c3)cc2)cc1. The van der Waals surface area contributed by atoms with Crippen molar-refractivity contribution in [2.45, 2.75) is 30.6 Å². The quantitative estimate of drug-likeness (QED) is 0.269. The molecule has 0 radical (unpaired) electrons. The maximum atomic E-state index is 13.0. The van der Waals surface area contributed by atoms with Crippen LogP contribution in [0.25, 0.3) is 0 Å². The first-order valence-corrected chi connectivity index (χ1v) is 14.6. The molecule has 0 unspecified atom stereocenters. The van der Waals surface area contributed by atoms with Crippen LogP contribution in [0.2, 0.25) is 0 Å². The number of anilines is 3. The third-order valence-corrected chi connectivity index (χ3v) is 8.69. The van der Waals surface area contributed by atoms with Crippen molar-refractivity contribution in [2.75, 3.05) is 14.8 Å². The minimum absolute atomic E-state index is 0.0191. The van der Waals surface area contributed by atoms with Crippen molar-refractivity contribution in [3.8, 4) is 0 Å². The summed E-state index contributed by atoms with van der Waals surface area (Å²) in [6, 6.07) is 24.0. The van der Waals surface area contributed by atoms with Gasteiger partial charge in [0.05, 0.1) is 9.79 Å². The molecule has 0 atom stereocenters. The van der Waals surface area contributed by atoms with Crippen LogP contribution in [-0.4, -0.2) is 22.7 Å². The molecular formula is C28H27N3O5S2. The van der Waals surface area contributed by atoms with Crippen molar-refractivity contribution in [1.29, 1.82) is 0 Å². The van der Waals surface area contributed by atoms with Gasteiger partial charge in [-0.25, -0.2) is 16.8 Å². The fourth-order valence-electron chi connectivity index (χ4n) is 3.62. The Labute approximate surface area is 222 Å². The summed E-state index contributed by atoms with van der Waals surface area (Å²) in [6.45, 7) is 5.46. The van der Waals surface area contributed by atoms with Crippen molar-refractivity contribution in [3.63, 3.8) is 0 Å². The molecule has 0 aliphatic heterocycles. The highest BCUT2D eigenvalue weighted by Crippen LogP contribution is 2.23. The second kappa shape index (κ2) is 10.7. The van der Waals surface area contributed by atoms with Gasteiger partial charge >= 0.3 is 0 Å². The Kier molecular flexibility index (Phi) is 7.56. The molecule has 0 bridgehead atoms. The van der Waals surface area contributed by atoms with Crippen LogP contribution in [-0.2, 0) is 20.0 Å². The average molecular weight is 550 g/mol. The Morgan fingerprint density at radius 1 is 0.579 bits per heavy atom. The molecule has 0 aliphatic rings. The number of nitrogens with one attached hydrogen (secondary N) is 3. The molecule has 0 heterocycles. The molecule has 1 amide bonds. The van der Waals surface area contributed by atoms with Gasteiger partial charge in [-0.3, -0.25) is 14.2 Å². The van der Waals surface area contributed by atoms with Crippen LogP contribution in [0.3, 0.4) is 0 Å². The zero-order chi connectivity index (χ0) is 27.5. The summed E-state index contributed by atoms with van der Waals surface area (Å²) in [4.78, 5) is 12.9. The van der Waals surface area contributed by atoms with Crippen molar-refractivity contribution < 1.29 is 21.6 Å². The van der Waals surface area contributed by atoms with E-state index in [0.29, 0.717) is 22.6 Å². The van der Waals surface area contributed by atoms with Crippen molar-refractivity contribution in [1.82, 2.24) is 0 Å². The summed E-state index contributed by atoms with van der Waals surface area (Å²) >= 11 is 0. The molecule has 0 saturated carbocycles. The fourth-order valence-corrected chi connectivity index (χ4v) is 6.01. The number of carbonyl (C=O) groups is 1. The van der Waals surface area contributed by atoms with E-state index in [2.05, 4.69) is 14.8 Å². The van der Waals surface area contributed by atoms with E-state index in [1.165, 1.54) is 36.4 Å². The summed E-state index contributed by atoms with van der Waals surface area (Å²) < 4.78 is 56.5. The van der Waals surface area contributed by atoms with Gasteiger partial charge in [0.1, 0.15) is 0 Å². The molecule has 10 heteroatoms. The molecule has 0 spiro atoms. The third-order valence-electron chi connectivity index (χ3n) is 5.77. The molecule has 0 saturated heterocycles. The zero-order valence-corrected chi connectivity index (χ0v) is 22.7. The van der Waals surface area contributed by atoms with Gasteiger partial charge in [-0.2, -0.15) is 0 Å². The van der Waals surface area contributed by atoms with Gasteiger partial charge in [0, 0.05) is 22.6 Å². The molecule has 4 aromatic rings. The van der Waals surface area contributed by atoms with E-state index in [9.17, 15) is 21.6 Å². The maximum absolute atomic E-state index is 13.0. The molecule has 0 aromatic heterocycles. The number of hydrogen-bond acceptors (Lipinski definition) is 5. The number of rotatable bonds is 8. The second-order valence-corrected chi connectivity index (χ2v) is 12.2. The monoisotopic (exact) mass is 549 g/mol. The van der Waals surface area contributed by atoms with Gasteiger partial charge < -0.3 is 5.32 Å². The number of sulfonamides is 2. The minimum atomic E-state index is -3.94. The van der Waals surface area contributed by atoms with Crippen molar-refractivity contribution in [3.05, 3.63) is 113 Å². The minimum Gasteiger partial charge on any atom is -0.322 e. The third kappa shape index (κ3) is 6.39. The second-order valence-electron chi connectivity index (χ2n) is 8.90. The maximum Gasteiger partial charge on any atom is 0.262 e. The molecule has 196 valence electrons. The first-order valence-electron chi connectivity index (χ1n) is 11.6. The predicted molar refractivity (Wildman–Crippen MR) is 150 cm³/mol. The summed E-state index contributed by atoms with van der Waals surface area (Å²) in [6.07, 6.45) is 0. The van der Waals surface area contributed by atoms with Crippen molar-refractivity contribution in [2.24, 2.45) is 0 Å². The molecule has 8 nitrogen and oxygen atoms in total. The fraction of sp³-hybridized carbons (Fsp3) is 0.107. The predicted octanol–water partition coefficient (Wildman–Crippen LogP) is 5.47. The number of carbonyl (C=O) groups excluding carboxylic acids is 1. The molecular weight excluding hydrogens is 522 g/mol. The summed E-state index contributed by atoms with van der Waals surface area (Å²) in [5.74, 6) is -0.537. The van der Waals surface area contributed by atoms with Gasteiger partial charge in [-0.1, -0.05) is 41.5 Å². The van der Waals surface area contributed by atoms with E-state index in [1.54, 1.807) is 61.5 Å².